The van der Waals surface area contributed by atoms with Crippen LogP contribution in [-0.2, 0) is 19.2 Å². The van der Waals surface area contributed by atoms with E-state index in [0.29, 0.717) is 69.0 Å². The number of aliphatic imine (C=N–C) groups is 1. The molecule has 8 aliphatic rings. The first-order valence-electron chi connectivity index (χ1n) is 35.1. The number of hydrogen-bond acceptors (Lipinski definition) is 11. The van der Waals surface area contributed by atoms with Crippen molar-refractivity contribution in [1.29, 1.82) is 0 Å². The molecule has 0 aromatic heterocycles. The maximum absolute atomic E-state index is 14.2. The van der Waals surface area contributed by atoms with Crippen LogP contribution in [0.4, 0.5) is 22.7 Å². The number of likely N-dealkylation sites (tertiary alicyclic amines) is 1. The van der Waals surface area contributed by atoms with Gasteiger partial charge in [0.05, 0.1) is 33.9 Å². The van der Waals surface area contributed by atoms with Crippen molar-refractivity contribution in [2.45, 2.75) is 157 Å². The van der Waals surface area contributed by atoms with Gasteiger partial charge in [0.1, 0.15) is 18.8 Å². The summed E-state index contributed by atoms with van der Waals surface area (Å²) < 4.78 is 2.27. The van der Waals surface area contributed by atoms with E-state index in [4.69, 9.17) is 0 Å². The van der Waals surface area contributed by atoms with Gasteiger partial charge in [0.2, 0.25) is 23.3 Å². The number of anilines is 4. The summed E-state index contributed by atoms with van der Waals surface area (Å²) in [6.45, 7) is 19.6. The number of amides is 4. The highest BCUT2D eigenvalue weighted by atomic mass is 16.3. The van der Waals surface area contributed by atoms with E-state index in [-0.39, 0.29) is 57.5 Å². The Bertz CT molecular complexity index is 4070. The lowest BCUT2D eigenvalue weighted by molar-refractivity contribution is -0.504. The highest BCUT2D eigenvalue weighted by molar-refractivity contribution is 6.43. The number of aliphatic hydroxyl groups is 1. The van der Waals surface area contributed by atoms with Crippen LogP contribution in [0.25, 0.3) is 11.1 Å². The summed E-state index contributed by atoms with van der Waals surface area (Å²) in [6, 6.07) is 25.4. The first-order valence-corrected chi connectivity index (χ1v) is 35.1. The van der Waals surface area contributed by atoms with Crippen molar-refractivity contribution < 1.29 is 43.6 Å². The molecule has 0 atom stereocenters. The number of Topliss-reactive ketones (excluding diaryl/α,β-unsaturated/α-hetero) is 2. The largest absolute Gasteiger partial charge is 0.871 e. The molecule has 0 radical (unpaired) electrons. The van der Waals surface area contributed by atoms with Gasteiger partial charge in [-0.25, -0.2) is 9.57 Å². The zero-order valence-corrected chi connectivity index (χ0v) is 56.8. The number of aryl methyl sites for hydroxylation is 2. The fraction of sp³-hybridized carbons (Fsp3) is 0.400. The molecule has 16 nitrogen and oxygen atoms in total. The second-order valence-electron chi connectivity index (χ2n) is 26.6. The molecule has 4 aromatic carbocycles. The predicted molar refractivity (Wildman–Crippen MR) is 381 cm³/mol. The average Bonchev–Trinajstić information content (AvgIpc) is 0.816. The minimum absolute atomic E-state index is 0.0334. The molecule has 0 saturated carbocycles. The van der Waals surface area contributed by atoms with Crippen LogP contribution in [0, 0.1) is 13.8 Å². The molecule has 4 aliphatic heterocycles. The van der Waals surface area contributed by atoms with Crippen LogP contribution in [0.1, 0.15) is 186 Å². The number of hydrogen-bond donors (Lipinski definition) is 4. The standard InChI is InChI=1S/C40H38N4O4.C40H54N4O4/c1-25-21-29(31(23-33(25)43-17-9-10-18-43)41-39(47)27-13-5-3-6-14-27)35-37(45)36(38(35)46)30-22-26(2)34(44-19-11-12-20-44)24-32(30)42-40(48)28-15-7-4-8-16-28;1-5-7-9-11-17-35(45)41-31-25-33(43-19-13-14-20-43)27(3)23-29(31)37-39(47)38(40(37)48)30-24-28(4)34(44-21-15-16-22-44)26-32(30)42-36(46)18-12-10-8-6-2/h3-8,13-16,21-24H,9-12,17-20H2,1-2H3,(H2,41,42,45,46,47,48);23-26,47H,5-22H2,1-4H3,(H,41,45). The SMILES string of the molecule is CC1=C/C(=C2/C(=O)C(c3cc(C)c(N4CCCC4)cc3NC(=O)c3ccccc3)=C2[O-])C(NC(=O)c2ccccc2)=CC1=[N+]1CCCC1.CCCCCCC(=O)N=C1C=C(N2CCCC2)C(C)=CC1=C1C(=O)C(c2cc(C)c(N3CCCC3)cc2NC(=O)CCCCCC)=C1O. The summed E-state index contributed by atoms with van der Waals surface area (Å²) >= 11 is 0. The molecule has 4 heterocycles. The van der Waals surface area contributed by atoms with Gasteiger partial charge in [0, 0.05) is 138 Å². The third-order valence-corrected chi connectivity index (χ3v) is 19.6. The van der Waals surface area contributed by atoms with Crippen molar-refractivity contribution in [1.82, 2.24) is 10.2 Å². The average molecular weight is 1290 g/mol. The molecule has 0 unspecified atom stereocenters. The zero-order valence-electron chi connectivity index (χ0n) is 56.8. The predicted octanol–water partition coefficient (Wildman–Crippen LogP) is 13.8. The summed E-state index contributed by atoms with van der Waals surface area (Å²) in [6.07, 6.45) is 25.0. The maximum atomic E-state index is 14.2. The first-order chi connectivity index (χ1) is 46.5. The number of ketones is 2. The number of carbonyl (C=O) groups excluding carboxylic acids is 6. The number of allylic oxidation sites excluding steroid dienone is 11. The smallest absolute Gasteiger partial charge is 0.255 e. The molecule has 4 fully saturated rings. The molecule has 4 aromatic rings. The van der Waals surface area contributed by atoms with Crippen LogP contribution < -0.4 is 30.9 Å². The fourth-order valence-electron chi connectivity index (χ4n) is 14.4. The Kier molecular flexibility index (Phi) is 21.9. The topological polar surface area (TPSA) is 207 Å². The van der Waals surface area contributed by atoms with Gasteiger partial charge in [-0.15, -0.1) is 0 Å². The van der Waals surface area contributed by atoms with Crippen LogP contribution >= 0.6 is 0 Å². The molecular weight excluding hydrogens is 1200 g/mol. The first kappa shape index (κ1) is 68.0. The van der Waals surface area contributed by atoms with Crippen molar-refractivity contribution in [3.63, 3.8) is 0 Å². The zero-order chi connectivity index (χ0) is 67.6. The number of aliphatic hydroxyl groups excluding tert-OH is 1. The summed E-state index contributed by atoms with van der Waals surface area (Å²) in [5.74, 6) is -2.19. The normalized spacial score (nSPS) is 19.9. The maximum Gasteiger partial charge on any atom is 0.255 e. The van der Waals surface area contributed by atoms with Crippen LogP contribution in [-0.4, -0.2) is 114 Å². The number of carbonyl (C=O) groups is 6. The molecule has 500 valence electrons. The Labute approximate surface area is 565 Å². The van der Waals surface area contributed by atoms with Crippen molar-refractivity contribution in [3.8, 4) is 0 Å². The summed E-state index contributed by atoms with van der Waals surface area (Å²) in [4.78, 5) is 92.6. The van der Waals surface area contributed by atoms with E-state index >= 15 is 0 Å². The van der Waals surface area contributed by atoms with E-state index in [0.717, 1.165) is 200 Å². The van der Waals surface area contributed by atoms with Gasteiger partial charge in [-0.3, -0.25) is 28.8 Å². The second-order valence-corrected chi connectivity index (χ2v) is 26.6. The molecule has 0 spiro atoms. The minimum Gasteiger partial charge on any atom is -0.871 e. The Balaban J connectivity index is 0.000000195. The van der Waals surface area contributed by atoms with Crippen molar-refractivity contribution in [2.75, 3.05) is 72.8 Å². The molecule has 4 N–H and O–H groups in total. The molecule has 4 amide bonds. The minimum atomic E-state index is -0.410. The summed E-state index contributed by atoms with van der Waals surface area (Å²) in [5, 5.41) is 34.9. The number of unbranched alkanes of at least 4 members (excludes halogenated alkanes) is 6. The van der Waals surface area contributed by atoms with Crippen LogP contribution in [0.3, 0.4) is 0 Å². The Morgan fingerprint density at radius 2 is 1.03 bits per heavy atom. The van der Waals surface area contributed by atoms with E-state index in [1.807, 2.05) is 88.4 Å². The van der Waals surface area contributed by atoms with Gasteiger partial charge >= 0.3 is 0 Å². The Morgan fingerprint density at radius 3 is 1.57 bits per heavy atom. The molecule has 0 bridgehead atoms. The molecule has 16 heteroatoms. The second kappa shape index (κ2) is 31.0. The van der Waals surface area contributed by atoms with Gasteiger partial charge in [0.15, 0.2) is 5.78 Å². The van der Waals surface area contributed by atoms with Crippen molar-refractivity contribution >= 4 is 80.5 Å². The highest BCUT2D eigenvalue weighted by Crippen LogP contribution is 2.47. The van der Waals surface area contributed by atoms with Crippen LogP contribution in [0.5, 0.6) is 0 Å². The van der Waals surface area contributed by atoms with Gasteiger partial charge in [-0.2, -0.15) is 0 Å². The molecular formula is C80H92N8O8. The molecule has 4 aliphatic carbocycles. The van der Waals surface area contributed by atoms with E-state index in [9.17, 15) is 39.0 Å². The van der Waals surface area contributed by atoms with Gasteiger partial charge in [-0.05, 0) is 163 Å². The van der Waals surface area contributed by atoms with E-state index in [1.54, 1.807) is 48.5 Å². The van der Waals surface area contributed by atoms with E-state index in [1.165, 1.54) is 0 Å². The van der Waals surface area contributed by atoms with E-state index in [2.05, 4.69) is 54.1 Å². The number of rotatable bonds is 20. The molecule has 4 saturated heterocycles. The van der Waals surface area contributed by atoms with Gasteiger partial charge < -0.3 is 40.9 Å². The van der Waals surface area contributed by atoms with Crippen molar-refractivity contribution in [2.24, 2.45) is 4.99 Å². The summed E-state index contributed by atoms with van der Waals surface area (Å²) in [5.41, 5.74) is 12.8. The third-order valence-electron chi connectivity index (χ3n) is 19.6. The van der Waals surface area contributed by atoms with Crippen LogP contribution in [0.2, 0.25) is 0 Å². The lowest BCUT2D eigenvalue weighted by Gasteiger charge is -2.35. The third kappa shape index (κ3) is 15.0. The fourth-order valence-corrected chi connectivity index (χ4v) is 14.4. The van der Waals surface area contributed by atoms with E-state index < -0.39 is 11.5 Å². The summed E-state index contributed by atoms with van der Waals surface area (Å²) in [7, 11) is 0. The monoisotopic (exact) mass is 1290 g/mol. The Morgan fingerprint density at radius 1 is 0.531 bits per heavy atom. The number of benzene rings is 4. The Hall–Kier alpha value is -9.44. The number of nitrogens with one attached hydrogen (secondary N) is 3. The van der Waals surface area contributed by atoms with Crippen LogP contribution in [0.15, 0.2) is 171 Å². The highest BCUT2D eigenvalue weighted by Gasteiger charge is 2.41. The van der Waals surface area contributed by atoms with Crippen molar-refractivity contribution in [3.05, 3.63) is 199 Å². The lowest BCUT2D eigenvalue weighted by atomic mass is 9.77. The number of nitrogens with zero attached hydrogens (tertiary/aromatic N) is 5. The molecule has 96 heavy (non-hydrogen) atoms. The quantitative estimate of drug-likeness (QED) is 0.0372. The van der Waals surface area contributed by atoms with Gasteiger partial charge in [0.25, 0.3) is 11.8 Å². The molecule has 12 rings (SSSR count). The van der Waals surface area contributed by atoms with Gasteiger partial charge in [-0.1, -0.05) is 94.5 Å². The lowest BCUT2D eigenvalue weighted by Crippen LogP contribution is -2.35.